The molecule has 0 bridgehead atoms. The van der Waals surface area contributed by atoms with Crippen LogP contribution < -0.4 is 10.5 Å². The van der Waals surface area contributed by atoms with Crippen molar-refractivity contribution in [2.24, 2.45) is 0 Å². The molecule has 0 aliphatic rings. The first-order valence-corrected chi connectivity index (χ1v) is 12.0. The Labute approximate surface area is 184 Å². The van der Waals surface area contributed by atoms with Crippen LogP contribution in [0.15, 0.2) is 30.5 Å². The normalized spacial score (nSPS) is 12.2. The molecule has 0 spiro atoms. The highest BCUT2D eigenvalue weighted by molar-refractivity contribution is 7.92. The van der Waals surface area contributed by atoms with Gasteiger partial charge >= 0.3 is 0 Å². The Morgan fingerprint density at radius 3 is 2.65 bits per heavy atom. The van der Waals surface area contributed by atoms with Crippen molar-refractivity contribution in [2.75, 3.05) is 22.8 Å². The van der Waals surface area contributed by atoms with E-state index in [9.17, 15) is 13.5 Å². The molecule has 31 heavy (non-hydrogen) atoms. The van der Waals surface area contributed by atoms with Gasteiger partial charge in [-0.25, -0.2) is 27.8 Å². The van der Waals surface area contributed by atoms with Crippen LogP contribution in [-0.2, 0) is 15.4 Å². The van der Waals surface area contributed by atoms with Crippen molar-refractivity contribution in [3.8, 4) is 21.8 Å². The Hall–Kier alpha value is -2.63. The number of thiazole rings is 1. The maximum absolute atomic E-state index is 15.4. The van der Waals surface area contributed by atoms with Crippen molar-refractivity contribution < 1.29 is 17.9 Å². The van der Waals surface area contributed by atoms with Crippen molar-refractivity contribution in [2.45, 2.75) is 32.6 Å². The third kappa shape index (κ3) is 5.00. The van der Waals surface area contributed by atoms with Crippen LogP contribution in [-0.4, -0.2) is 40.8 Å². The van der Waals surface area contributed by atoms with E-state index < -0.39 is 21.3 Å². The van der Waals surface area contributed by atoms with Crippen LogP contribution in [0.25, 0.3) is 21.8 Å². The molecule has 1 aromatic carbocycles. The van der Waals surface area contributed by atoms with Gasteiger partial charge in [-0.3, -0.25) is 4.72 Å². The fourth-order valence-electron chi connectivity index (χ4n) is 2.81. The highest BCUT2D eigenvalue weighted by Gasteiger charge is 2.29. The molecule has 8 nitrogen and oxygen atoms in total. The van der Waals surface area contributed by atoms with Gasteiger partial charge in [0.25, 0.3) is 0 Å². The zero-order chi connectivity index (χ0) is 22.8. The first-order valence-electron chi connectivity index (χ1n) is 9.58. The Bertz CT molecular complexity index is 1200. The van der Waals surface area contributed by atoms with Crippen LogP contribution in [0.5, 0.6) is 0 Å². The summed E-state index contributed by atoms with van der Waals surface area (Å²) < 4.78 is 42.0. The topological polar surface area (TPSA) is 131 Å². The van der Waals surface area contributed by atoms with Crippen molar-refractivity contribution in [1.29, 1.82) is 0 Å². The van der Waals surface area contributed by atoms with E-state index in [-0.39, 0.29) is 35.3 Å². The Balaban J connectivity index is 2.19. The fourth-order valence-corrected chi connectivity index (χ4v) is 5.09. The summed E-state index contributed by atoms with van der Waals surface area (Å²) >= 11 is 1.26. The number of sulfonamides is 1. The number of aliphatic hydroxyl groups is 1. The molecule has 0 atom stereocenters. The maximum Gasteiger partial charge on any atom is 0.232 e. The second-order valence-corrected chi connectivity index (χ2v) is 10.5. The molecule has 0 fully saturated rings. The number of benzene rings is 1. The smallest absolute Gasteiger partial charge is 0.232 e. The molecule has 11 heteroatoms. The van der Waals surface area contributed by atoms with Gasteiger partial charge in [-0.05, 0) is 24.6 Å². The highest BCUT2D eigenvalue weighted by atomic mass is 32.2. The van der Waals surface area contributed by atoms with Crippen molar-refractivity contribution in [3.05, 3.63) is 41.3 Å². The fraction of sp³-hybridized carbons (Fsp3) is 0.350. The number of rotatable bonds is 8. The summed E-state index contributed by atoms with van der Waals surface area (Å²) in [6, 6.07) is 6.07. The molecule has 0 unspecified atom stereocenters. The maximum atomic E-state index is 15.4. The Kier molecular flexibility index (Phi) is 6.58. The second-order valence-electron chi connectivity index (χ2n) is 7.63. The van der Waals surface area contributed by atoms with Crippen LogP contribution in [0.2, 0.25) is 0 Å². The third-order valence-electron chi connectivity index (χ3n) is 4.50. The lowest BCUT2D eigenvalue weighted by Gasteiger charge is -2.17. The third-order valence-corrected chi connectivity index (χ3v) is 7.42. The van der Waals surface area contributed by atoms with Crippen LogP contribution in [0, 0.1) is 5.82 Å². The molecule has 3 rings (SSSR count). The average molecular weight is 466 g/mol. The molecular formula is C20H24FN5O3S2. The summed E-state index contributed by atoms with van der Waals surface area (Å²) in [7, 11) is -3.67. The zero-order valence-electron chi connectivity index (χ0n) is 17.4. The standard InChI is InChI=1S/C20H24FN5O3S2/c1-4-10-31(28,29)26-13-7-5-6-12(15(13)21)16-17(14-8-9-23-19(22)24-14)30-18(25-16)20(2,3)11-27/h5-9,26-27H,4,10-11H2,1-3H3,(H2,22,23,24). The molecule has 3 aromatic rings. The number of anilines is 2. The number of aromatic nitrogens is 3. The quantitative estimate of drug-likeness (QED) is 0.464. The van der Waals surface area contributed by atoms with E-state index >= 15 is 4.39 Å². The molecule has 4 N–H and O–H groups in total. The van der Waals surface area contributed by atoms with E-state index in [2.05, 4.69) is 19.7 Å². The first-order chi connectivity index (χ1) is 14.6. The van der Waals surface area contributed by atoms with Crippen LogP contribution >= 0.6 is 11.3 Å². The summed E-state index contributed by atoms with van der Waals surface area (Å²) in [6.07, 6.45) is 1.89. The second kappa shape index (κ2) is 8.85. The monoisotopic (exact) mass is 465 g/mol. The number of hydrogen-bond acceptors (Lipinski definition) is 8. The summed E-state index contributed by atoms with van der Waals surface area (Å²) in [5, 5.41) is 10.4. The highest BCUT2D eigenvalue weighted by Crippen LogP contribution is 2.41. The minimum absolute atomic E-state index is 0.0568. The van der Waals surface area contributed by atoms with Crippen LogP contribution in [0.4, 0.5) is 16.0 Å². The average Bonchev–Trinajstić information content (AvgIpc) is 3.15. The van der Waals surface area contributed by atoms with E-state index in [1.165, 1.54) is 29.7 Å². The number of halogens is 1. The molecule has 0 aliphatic heterocycles. The molecule has 166 valence electrons. The number of nitrogens with zero attached hydrogens (tertiary/aromatic N) is 3. The van der Waals surface area contributed by atoms with Gasteiger partial charge in [0.05, 0.1) is 34.3 Å². The largest absolute Gasteiger partial charge is 0.395 e. The van der Waals surface area contributed by atoms with Crippen molar-refractivity contribution in [3.63, 3.8) is 0 Å². The number of nitrogen functional groups attached to an aromatic ring is 1. The molecule has 0 aliphatic carbocycles. The van der Waals surface area contributed by atoms with Gasteiger partial charge in [-0.1, -0.05) is 26.8 Å². The van der Waals surface area contributed by atoms with Crippen molar-refractivity contribution in [1.82, 2.24) is 15.0 Å². The van der Waals surface area contributed by atoms with E-state index in [4.69, 9.17) is 5.73 Å². The number of nitrogens with two attached hydrogens (primary N) is 1. The lowest BCUT2D eigenvalue weighted by atomic mass is 9.96. The summed E-state index contributed by atoms with van der Waals surface area (Å²) in [4.78, 5) is 13.3. The lowest BCUT2D eigenvalue weighted by Crippen LogP contribution is -2.21. The summed E-state index contributed by atoms with van der Waals surface area (Å²) in [5.74, 6) is -0.807. The van der Waals surface area contributed by atoms with Crippen LogP contribution in [0.1, 0.15) is 32.2 Å². The summed E-state index contributed by atoms with van der Waals surface area (Å²) in [5.41, 5.74) is 5.75. The van der Waals surface area contributed by atoms with Gasteiger partial charge in [0.2, 0.25) is 16.0 Å². The van der Waals surface area contributed by atoms with Gasteiger partial charge in [-0.15, -0.1) is 11.3 Å². The zero-order valence-corrected chi connectivity index (χ0v) is 19.0. The van der Waals surface area contributed by atoms with Gasteiger partial charge in [0, 0.05) is 17.2 Å². The minimum Gasteiger partial charge on any atom is -0.395 e. The van der Waals surface area contributed by atoms with Gasteiger partial charge < -0.3 is 10.8 Å². The van der Waals surface area contributed by atoms with Gasteiger partial charge in [-0.2, -0.15) is 0 Å². The first kappa shape index (κ1) is 23.0. The molecule has 2 aromatic heterocycles. The van der Waals surface area contributed by atoms with Gasteiger partial charge in [0.1, 0.15) is 5.01 Å². The van der Waals surface area contributed by atoms with E-state index in [0.29, 0.717) is 22.0 Å². The number of hydrogen-bond donors (Lipinski definition) is 3. The lowest BCUT2D eigenvalue weighted by molar-refractivity contribution is 0.218. The van der Waals surface area contributed by atoms with E-state index in [1.54, 1.807) is 19.1 Å². The predicted octanol–water partition coefficient (Wildman–Crippen LogP) is 3.41. The minimum atomic E-state index is -3.67. The molecular weight excluding hydrogens is 441 g/mol. The Morgan fingerprint density at radius 1 is 1.26 bits per heavy atom. The van der Waals surface area contributed by atoms with Crippen LogP contribution in [0.3, 0.4) is 0 Å². The molecule has 2 heterocycles. The molecule has 0 amide bonds. The van der Waals surface area contributed by atoms with E-state index in [1.807, 2.05) is 13.8 Å². The SMILES string of the molecule is CCCS(=O)(=O)Nc1cccc(-c2nc(C(C)(C)CO)sc2-c2ccnc(N)n2)c1F. The molecule has 0 saturated heterocycles. The van der Waals surface area contributed by atoms with Crippen molar-refractivity contribution >= 4 is 33.0 Å². The van der Waals surface area contributed by atoms with E-state index in [0.717, 1.165) is 0 Å². The number of nitrogens with one attached hydrogen (secondary N) is 1. The van der Waals surface area contributed by atoms with Gasteiger partial charge in [0.15, 0.2) is 5.82 Å². The summed E-state index contributed by atoms with van der Waals surface area (Å²) in [6.45, 7) is 5.20. The molecule has 0 saturated carbocycles. The predicted molar refractivity (Wildman–Crippen MR) is 121 cm³/mol. The Morgan fingerprint density at radius 2 is 2.00 bits per heavy atom. The number of aliphatic hydroxyl groups excluding tert-OH is 1. The molecule has 0 radical (unpaired) electrons.